The first kappa shape index (κ1) is 13.1. The van der Waals surface area contributed by atoms with E-state index in [0.29, 0.717) is 39.6 Å². The van der Waals surface area contributed by atoms with E-state index in [-0.39, 0.29) is 6.10 Å². The summed E-state index contributed by atoms with van der Waals surface area (Å²) in [5, 5.41) is 0. The second-order valence-corrected chi connectivity index (χ2v) is 3.97. The number of hydrogen-bond donors (Lipinski definition) is 1. The molecule has 0 saturated heterocycles. The third kappa shape index (κ3) is 3.87. The fraction of sp³-hybridized carbons (Fsp3) is 0.538. The minimum absolute atomic E-state index is 0.0607. The van der Waals surface area contributed by atoms with Gasteiger partial charge in [-0.05, 0) is 12.1 Å². The molecule has 1 aliphatic rings. The average molecular weight is 253 g/mol. The van der Waals surface area contributed by atoms with Gasteiger partial charge in [0, 0.05) is 6.54 Å². The van der Waals surface area contributed by atoms with Crippen molar-refractivity contribution >= 4 is 0 Å². The van der Waals surface area contributed by atoms with Gasteiger partial charge in [0.1, 0.15) is 6.61 Å². The van der Waals surface area contributed by atoms with Crippen molar-refractivity contribution in [1.29, 1.82) is 0 Å². The second kappa shape index (κ2) is 7.20. The van der Waals surface area contributed by atoms with Gasteiger partial charge >= 0.3 is 0 Å². The van der Waals surface area contributed by atoms with Crippen molar-refractivity contribution in [2.45, 2.75) is 6.10 Å². The molecule has 0 amide bonds. The molecule has 1 aromatic rings. The van der Waals surface area contributed by atoms with E-state index in [1.165, 1.54) is 0 Å². The number of nitrogens with two attached hydrogens (primary N) is 1. The van der Waals surface area contributed by atoms with Gasteiger partial charge in [0.05, 0.1) is 26.4 Å². The van der Waals surface area contributed by atoms with Crippen molar-refractivity contribution in [1.82, 2.24) is 0 Å². The minimum Gasteiger partial charge on any atom is -0.486 e. The first-order valence-electron chi connectivity index (χ1n) is 6.14. The van der Waals surface area contributed by atoms with Crippen LogP contribution in [0.15, 0.2) is 24.3 Å². The van der Waals surface area contributed by atoms with Gasteiger partial charge < -0.3 is 24.7 Å². The van der Waals surface area contributed by atoms with Gasteiger partial charge in [-0.2, -0.15) is 0 Å². The van der Waals surface area contributed by atoms with E-state index in [4.69, 9.17) is 24.7 Å². The highest BCUT2D eigenvalue weighted by Gasteiger charge is 2.20. The maximum absolute atomic E-state index is 5.75. The maximum Gasteiger partial charge on any atom is 0.161 e. The molecule has 1 atom stereocenters. The Morgan fingerprint density at radius 1 is 1.11 bits per heavy atom. The number of hydrogen-bond acceptors (Lipinski definition) is 5. The summed E-state index contributed by atoms with van der Waals surface area (Å²) in [4.78, 5) is 0. The van der Waals surface area contributed by atoms with Crippen LogP contribution < -0.4 is 15.2 Å². The van der Waals surface area contributed by atoms with E-state index < -0.39 is 0 Å². The summed E-state index contributed by atoms with van der Waals surface area (Å²) in [5.41, 5.74) is 5.30. The molecule has 5 nitrogen and oxygen atoms in total. The lowest BCUT2D eigenvalue weighted by Crippen LogP contribution is -2.33. The highest BCUT2D eigenvalue weighted by atomic mass is 16.6. The number of ether oxygens (including phenoxy) is 4. The van der Waals surface area contributed by atoms with Gasteiger partial charge in [0.2, 0.25) is 0 Å². The fourth-order valence-electron chi connectivity index (χ4n) is 1.66. The second-order valence-electron chi connectivity index (χ2n) is 3.97. The smallest absolute Gasteiger partial charge is 0.161 e. The molecule has 0 aromatic heterocycles. The molecule has 2 N–H and O–H groups in total. The molecule has 1 aliphatic heterocycles. The van der Waals surface area contributed by atoms with Gasteiger partial charge in [-0.25, -0.2) is 0 Å². The maximum atomic E-state index is 5.75. The topological polar surface area (TPSA) is 62.9 Å². The average Bonchev–Trinajstić information content (AvgIpc) is 2.42. The van der Waals surface area contributed by atoms with Gasteiger partial charge in [0.15, 0.2) is 17.6 Å². The highest BCUT2D eigenvalue weighted by molar-refractivity contribution is 5.40. The lowest BCUT2D eigenvalue weighted by molar-refractivity contribution is -0.0113. The van der Waals surface area contributed by atoms with Crippen LogP contribution in [0, 0.1) is 0 Å². The van der Waals surface area contributed by atoms with Crippen LogP contribution >= 0.6 is 0 Å². The van der Waals surface area contributed by atoms with Crippen molar-refractivity contribution in [3.8, 4) is 11.5 Å². The van der Waals surface area contributed by atoms with Crippen LogP contribution in [0.3, 0.4) is 0 Å². The molecule has 1 heterocycles. The van der Waals surface area contributed by atoms with E-state index >= 15 is 0 Å². The van der Waals surface area contributed by atoms with E-state index in [1.807, 2.05) is 24.3 Å². The van der Waals surface area contributed by atoms with Crippen molar-refractivity contribution in [2.75, 3.05) is 39.6 Å². The van der Waals surface area contributed by atoms with E-state index in [0.717, 1.165) is 11.5 Å². The first-order valence-corrected chi connectivity index (χ1v) is 6.14. The van der Waals surface area contributed by atoms with Crippen molar-refractivity contribution in [2.24, 2.45) is 5.73 Å². The summed E-state index contributed by atoms with van der Waals surface area (Å²) in [6, 6.07) is 7.64. The molecule has 2 rings (SSSR count). The van der Waals surface area contributed by atoms with Crippen LogP contribution in [0.25, 0.3) is 0 Å². The molecule has 1 unspecified atom stereocenters. The molecule has 0 radical (unpaired) electrons. The number of para-hydroxylation sites is 2. The summed E-state index contributed by atoms with van der Waals surface area (Å²) in [5.74, 6) is 1.57. The fourth-order valence-corrected chi connectivity index (χ4v) is 1.66. The Hall–Kier alpha value is -1.30. The van der Waals surface area contributed by atoms with Gasteiger partial charge in [-0.15, -0.1) is 0 Å². The standard InChI is InChI=1S/C13H19NO4/c14-5-6-15-7-8-16-9-11-10-17-12-3-1-2-4-13(12)18-11/h1-4,11H,5-10,14H2. The summed E-state index contributed by atoms with van der Waals surface area (Å²) >= 11 is 0. The molecule has 0 spiro atoms. The Balaban J connectivity index is 1.64. The zero-order chi connectivity index (χ0) is 12.6. The molecule has 100 valence electrons. The third-order valence-electron chi connectivity index (χ3n) is 2.51. The number of rotatable bonds is 7. The lowest BCUT2D eigenvalue weighted by atomic mass is 10.3. The SMILES string of the molecule is NCCOCCOCC1COc2ccccc2O1. The van der Waals surface area contributed by atoms with Crippen LogP contribution in [0.1, 0.15) is 0 Å². The van der Waals surface area contributed by atoms with Crippen LogP contribution in [0.2, 0.25) is 0 Å². The van der Waals surface area contributed by atoms with Crippen LogP contribution in [0.4, 0.5) is 0 Å². The summed E-state index contributed by atoms with van der Waals surface area (Å²) in [7, 11) is 0. The normalized spacial score (nSPS) is 17.7. The zero-order valence-electron chi connectivity index (χ0n) is 10.3. The van der Waals surface area contributed by atoms with E-state index in [1.54, 1.807) is 0 Å². The van der Waals surface area contributed by atoms with E-state index in [9.17, 15) is 0 Å². The van der Waals surface area contributed by atoms with Crippen molar-refractivity contribution in [3.63, 3.8) is 0 Å². The number of fused-ring (bicyclic) bond motifs is 1. The molecule has 5 heteroatoms. The van der Waals surface area contributed by atoms with Crippen LogP contribution in [-0.2, 0) is 9.47 Å². The van der Waals surface area contributed by atoms with Gasteiger partial charge in [-0.1, -0.05) is 12.1 Å². The lowest BCUT2D eigenvalue weighted by Gasteiger charge is -2.26. The first-order chi connectivity index (χ1) is 8.90. The molecule has 0 aliphatic carbocycles. The largest absolute Gasteiger partial charge is 0.486 e. The predicted molar refractivity (Wildman–Crippen MR) is 67.0 cm³/mol. The Labute approximate surface area is 107 Å². The highest BCUT2D eigenvalue weighted by Crippen LogP contribution is 2.30. The van der Waals surface area contributed by atoms with Gasteiger partial charge in [-0.3, -0.25) is 0 Å². The monoisotopic (exact) mass is 253 g/mol. The minimum atomic E-state index is -0.0607. The summed E-state index contributed by atoms with van der Waals surface area (Å²) in [6.07, 6.45) is -0.0607. The summed E-state index contributed by atoms with van der Waals surface area (Å²) < 4.78 is 22.0. The number of benzene rings is 1. The van der Waals surface area contributed by atoms with E-state index in [2.05, 4.69) is 0 Å². The third-order valence-corrected chi connectivity index (χ3v) is 2.51. The van der Waals surface area contributed by atoms with Crippen LogP contribution in [0.5, 0.6) is 11.5 Å². The molecular formula is C13H19NO4. The molecule has 0 saturated carbocycles. The Kier molecular flexibility index (Phi) is 5.26. The van der Waals surface area contributed by atoms with Crippen molar-refractivity contribution < 1.29 is 18.9 Å². The quantitative estimate of drug-likeness (QED) is 0.729. The molecule has 0 fully saturated rings. The van der Waals surface area contributed by atoms with Crippen molar-refractivity contribution in [3.05, 3.63) is 24.3 Å². The van der Waals surface area contributed by atoms with Crippen LogP contribution in [-0.4, -0.2) is 45.7 Å². The Morgan fingerprint density at radius 3 is 2.72 bits per heavy atom. The summed E-state index contributed by atoms with van der Waals surface area (Å²) in [6.45, 7) is 3.22. The molecule has 1 aromatic carbocycles. The molecule has 18 heavy (non-hydrogen) atoms. The zero-order valence-corrected chi connectivity index (χ0v) is 10.3. The Bertz CT molecular complexity index is 359. The predicted octanol–water partition coefficient (Wildman–Crippen LogP) is 0.818. The molecule has 0 bridgehead atoms. The van der Waals surface area contributed by atoms with Gasteiger partial charge in [0.25, 0.3) is 0 Å². The Morgan fingerprint density at radius 2 is 1.89 bits per heavy atom. The molecular weight excluding hydrogens is 234 g/mol.